The van der Waals surface area contributed by atoms with E-state index in [0.717, 1.165) is 40.6 Å². The van der Waals surface area contributed by atoms with Gasteiger partial charge in [-0.15, -0.1) is 11.8 Å². The van der Waals surface area contributed by atoms with Gasteiger partial charge in [0, 0.05) is 31.2 Å². The van der Waals surface area contributed by atoms with Crippen molar-refractivity contribution >= 4 is 29.2 Å². The second-order valence-electron chi connectivity index (χ2n) is 6.11. The monoisotopic (exact) mass is 341 g/mol. The Hall–Kier alpha value is -2.01. The third-order valence-electron chi connectivity index (χ3n) is 4.43. The molecule has 0 saturated carbocycles. The minimum absolute atomic E-state index is 0.00722. The number of aryl methyl sites for hydroxylation is 1. The van der Waals surface area contributed by atoms with Crippen molar-refractivity contribution in [1.29, 1.82) is 0 Å². The number of carbonyl (C=O) groups excluding carboxylic acids is 1. The van der Waals surface area contributed by atoms with Crippen LogP contribution in [0, 0.1) is 6.92 Å². The van der Waals surface area contributed by atoms with Gasteiger partial charge in [0.1, 0.15) is 0 Å². The molecule has 0 bridgehead atoms. The first-order valence-corrected chi connectivity index (χ1v) is 9.47. The molecule has 0 atom stereocenters. The fraction of sp³-hybridized carbons (Fsp3) is 0.368. The van der Waals surface area contributed by atoms with Gasteiger partial charge in [-0.25, -0.2) is 4.98 Å². The molecule has 1 aliphatic heterocycles. The molecule has 1 fully saturated rings. The summed E-state index contributed by atoms with van der Waals surface area (Å²) in [5.74, 6) is 0.913. The Balaban J connectivity index is 1.94. The highest BCUT2D eigenvalue weighted by Gasteiger charge is 2.23. The second kappa shape index (κ2) is 7.26. The van der Waals surface area contributed by atoms with Gasteiger partial charge < -0.3 is 9.80 Å². The Kier molecular flexibility index (Phi) is 5.09. The molecule has 126 valence electrons. The van der Waals surface area contributed by atoms with Crippen molar-refractivity contribution in [3.8, 4) is 0 Å². The van der Waals surface area contributed by atoms with E-state index in [0.29, 0.717) is 0 Å². The molecule has 0 aliphatic carbocycles. The summed E-state index contributed by atoms with van der Waals surface area (Å²) in [6, 6.07) is 9.85. The molecule has 24 heavy (non-hydrogen) atoms. The number of aromatic nitrogens is 1. The molecule has 4 nitrogen and oxygen atoms in total. The maximum Gasteiger partial charge on any atom is 0.259 e. The predicted octanol–water partition coefficient (Wildman–Crippen LogP) is 3.99. The van der Waals surface area contributed by atoms with Gasteiger partial charge in [0.15, 0.2) is 5.82 Å². The number of nitrogens with zero attached hydrogens (tertiary/aromatic N) is 3. The summed E-state index contributed by atoms with van der Waals surface area (Å²) >= 11 is 1.61. The summed E-state index contributed by atoms with van der Waals surface area (Å²) in [5.41, 5.74) is 2.78. The minimum atomic E-state index is 0.00722. The fourth-order valence-electron chi connectivity index (χ4n) is 3.09. The average molecular weight is 341 g/mol. The van der Waals surface area contributed by atoms with Crippen molar-refractivity contribution in [3.05, 3.63) is 47.7 Å². The number of amides is 1. The van der Waals surface area contributed by atoms with E-state index in [2.05, 4.69) is 16.0 Å². The summed E-state index contributed by atoms with van der Waals surface area (Å²) in [4.78, 5) is 22.6. The molecular formula is C19H23N3OS. The maximum atomic E-state index is 13.1. The molecule has 0 unspecified atom stereocenters. The van der Waals surface area contributed by atoms with Crippen LogP contribution in [-0.4, -0.2) is 37.3 Å². The first-order valence-electron chi connectivity index (χ1n) is 8.24. The molecule has 1 amide bonds. The van der Waals surface area contributed by atoms with Crippen molar-refractivity contribution in [2.24, 2.45) is 0 Å². The maximum absolute atomic E-state index is 13.1. The minimum Gasteiger partial charge on any atom is -0.355 e. The van der Waals surface area contributed by atoms with Crippen LogP contribution in [0.4, 0.5) is 11.5 Å². The lowest BCUT2D eigenvalue weighted by Crippen LogP contribution is -2.30. The van der Waals surface area contributed by atoms with Crippen LogP contribution < -0.4 is 9.80 Å². The number of hydrogen-bond acceptors (Lipinski definition) is 4. The smallest absolute Gasteiger partial charge is 0.259 e. The number of anilines is 2. The zero-order valence-corrected chi connectivity index (χ0v) is 15.3. The van der Waals surface area contributed by atoms with Crippen LogP contribution in [0.3, 0.4) is 0 Å². The van der Waals surface area contributed by atoms with Crippen LogP contribution in [-0.2, 0) is 0 Å². The summed E-state index contributed by atoms with van der Waals surface area (Å²) in [6.07, 6.45) is 6.17. The van der Waals surface area contributed by atoms with Gasteiger partial charge in [-0.2, -0.15) is 0 Å². The third-order valence-corrected chi connectivity index (χ3v) is 5.20. The third kappa shape index (κ3) is 3.26. The Morgan fingerprint density at radius 1 is 1.25 bits per heavy atom. The quantitative estimate of drug-likeness (QED) is 0.788. The number of carbonyl (C=O) groups is 1. The standard InChI is InChI=1S/C19H23N3OS/c1-14-8-9-15(17(13-14)24-3)19(23)21(2)16-7-6-10-20-18(16)22-11-4-5-12-22/h6-10,13H,4-5,11-12H2,1-3H3. The van der Waals surface area contributed by atoms with Crippen LogP contribution in [0.5, 0.6) is 0 Å². The van der Waals surface area contributed by atoms with E-state index < -0.39 is 0 Å². The van der Waals surface area contributed by atoms with Crippen LogP contribution in [0.25, 0.3) is 0 Å². The lowest BCUT2D eigenvalue weighted by atomic mass is 10.1. The Labute approximate surface area is 147 Å². The molecule has 1 saturated heterocycles. The highest BCUT2D eigenvalue weighted by molar-refractivity contribution is 7.98. The fourth-order valence-corrected chi connectivity index (χ4v) is 3.77. The van der Waals surface area contributed by atoms with E-state index >= 15 is 0 Å². The molecule has 1 aromatic carbocycles. The van der Waals surface area contributed by atoms with Gasteiger partial charge >= 0.3 is 0 Å². The molecule has 0 N–H and O–H groups in total. The van der Waals surface area contributed by atoms with Gasteiger partial charge in [-0.05, 0) is 55.9 Å². The van der Waals surface area contributed by atoms with E-state index in [-0.39, 0.29) is 5.91 Å². The van der Waals surface area contributed by atoms with Crippen LogP contribution in [0.2, 0.25) is 0 Å². The topological polar surface area (TPSA) is 36.4 Å². The Bertz CT molecular complexity index is 741. The van der Waals surface area contributed by atoms with Crippen molar-refractivity contribution in [2.75, 3.05) is 36.2 Å². The molecule has 5 heteroatoms. The average Bonchev–Trinajstić information content (AvgIpc) is 3.15. The molecule has 2 heterocycles. The van der Waals surface area contributed by atoms with Crippen molar-refractivity contribution in [2.45, 2.75) is 24.7 Å². The van der Waals surface area contributed by atoms with Gasteiger partial charge in [-0.3, -0.25) is 4.79 Å². The zero-order valence-electron chi connectivity index (χ0n) is 14.5. The van der Waals surface area contributed by atoms with Crippen molar-refractivity contribution in [3.63, 3.8) is 0 Å². The van der Waals surface area contributed by atoms with E-state index in [1.807, 2.05) is 44.5 Å². The lowest BCUT2D eigenvalue weighted by molar-refractivity contribution is 0.0990. The second-order valence-corrected chi connectivity index (χ2v) is 6.96. The first-order chi connectivity index (χ1) is 11.6. The number of pyridine rings is 1. The first kappa shape index (κ1) is 16.8. The van der Waals surface area contributed by atoms with E-state index in [1.54, 1.807) is 22.9 Å². The van der Waals surface area contributed by atoms with Gasteiger partial charge in [0.2, 0.25) is 0 Å². The van der Waals surface area contributed by atoms with Crippen molar-refractivity contribution in [1.82, 2.24) is 4.98 Å². The summed E-state index contributed by atoms with van der Waals surface area (Å²) in [7, 11) is 1.84. The van der Waals surface area contributed by atoms with Crippen LogP contribution in [0.1, 0.15) is 28.8 Å². The predicted molar refractivity (Wildman–Crippen MR) is 101 cm³/mol. The largest absolute Gasteiger partial charge is 0.355 e. The van der Waals surface area contributed by atoms with E-state index in [1.165, 1.54) is 12.8 Å². The number of benzene rings is 1. The van der Waals surface area contributed by atoms with E-state index in [4.69, 9.17) is 0 Å². The van der Waals surface area contributed by atoms with Gasteiger partial charge in [-0.1, -0.05) is 6.07 Å². The summed E-state index contributed by atoms with van der Waals surface area (Å²) < 4.78 is 0. The molecule has 3 rings (SSSR count). The molecule has 1 aliphatic rings. The summed E-state index contributed by atoms with van der Waals surface area (Å²) in [6.45, 7) is 4.06. The summed E-state index contributed by atoms with van der Waals surface area (Å²) in [5, 5.41) is 0. The molecule has 2 aromatic rings. The molecule has 1 aromatic heterocycles. The van der Waals surface area contributed by atoms with Gasteiger partial charge in [0.05, 0.1) is 11.3 Å². The highest BCUT2D eigenvalue weighted by atomic mass is 32.2. The number of thioether (sulfide) groups is 1. The number of hydrogen-bond donors (Lipinski definition) is 0. The molecular weight excluding hydrogens is 318 g/mol. The SMILES string of the molecule is CSc1cc(C)ccc1C(=O)N(C)c1cccnc1N1CCCC1. The lowest BCUT2D eigenvalue weighted by Gasteiger charge is -2.25. The molecule has 0 radical (unpaired) electrons. The normalized spacial score (nSPS) is 14.0. The Morgan fingerprint density at radius 2 is 2.00 bits per heavy atom. The molecule has 0 spiro atoms. The van der Waals surface area contributed by atoms with E-state index in [9.17, 15) is 4.79 Å². The zero-order chi connectivity index (χ0) is 17.1. The van der Waals surface area contributed by atoms with Crippen molar-refractivity contribution < 1.29 is 4.79 Å². The highest BCUT2D eigenvalue weighted by Crippen LogP contribution is 2.31. The van der Waals surface area contributed by atoms with Gasteiger partial charge in [0.25, 0.3) is 5.91 Å². The van der Waals surface area contributed by atoms with Crippen LogP contribution >= 0.6 is 11.8 Å². The van der Waals surface area contributed by atoms with Crippen LogP contribution in [0.15, 0.2) is 41.4 Å². The Morgan fingerprint density at radius 3 is 2.71 bits per heavy atom. The number of rotatable bonds is 4.